The van der Waals surface area contributed by atoms with E-state index < -0.39 is 0 Å². The SMILES string of the molecule is CCCOCN(COCCC)C(=O)N(COCCC)COCCC. The molecule has 24 heavy (non-hydrogen) atoms. The molecule has 2 amide bonds. The number of rotatable bonds is 16. The van der Waals surface area contributed by atoms with Gasteiger partial charge in [0.1, 0.15) is 26.9 Å². The van der Waals surface area contributed by atoms with E-state index in [0.717, 1.165) is 25.7 Å². The maximum Gasteiger partial charge on any atom is 0.327 e. The lowest BCUT2D eigenvalue weighted by molar-refractivity contribution is -0.0610. The topological polar surface area (TPSA) is 60.5 Å². The van der Waals surface area contributed by atoms with Crippen molar-refractivity contribution in [3.8, 4) is 0 Å². The molecule has 0 aliphatic heterocycles. The zero-order valence-corrected chi connectivity index (χ0v) is 15.9. The van der Waals surface area contributed by atoms with Gasteiger partial charge in [-0.3, -0.25) is 9.80 Å². The average Bonchev–Trinajstić information content (AvgIpc) is 2.59. The second-order valence-corrected chi connectivity index (χ2v) is 5.51. The minimum Gasteiger partial charge on any atom is -0.361 e. The van der Waals surface area contributed by atoms with Gasteiger partial charge in [0, 0.05) is 26.4 Å². The Labute approximate surface area is 147 Å². The van der Waals surface area contributed by atoms with Crippen LogP contribution in [0, 0.1) is 0 Å². The van der Waals surface area contributed by atoms with Crippen LogP contribution in [0.4, 0.5) is 4.79 Å². The molecule has 0 radical (unpaired) electrons. The molecule has 7 heteroatoms. The van der Waals surface area contributed by atoms with Crippen molar-refractivity contribution in [3.05, 3.63) is 0 Å². The van der Waals surface area contributed by atoms with Crippen LogP contribution in [0.5, 0.6) is 0 Å². The number of carbonyl (C=O) groups excluding carboxylic acids is 1. The van der Waals surface area contributed by atoms with Crippen molar-refractivity contribution in [2.24, 2.45) is 0 Å². The van der Waals surface area contributed by atoms with E-state index in [1.54, 1.807) is 0 Å². The summed E-state index contributed by atoms with van der Waals surface area (Å²) < 4.78 is 22.1. The fraction of sp³-hybridized carbons (Fsp3) is 0.941. The lowest BCUT2D eigenvalue weighted by atomic mass is 10.5. The van der Waals surface area contributed by atoms with Crippen molar-refractivity contribution in [3.63, 3.8) is 0 Å². The second-order valence-electron chi connectivity index (χ2n) is 5.51. The van der Waals surface area contributed by atoms with Crippen molar-refractivity contribution in [1.82, 2.24) is 9.80 Å². The molecular weight excluding hydrogens is 312 g/mol. The molecule has 144 valence electrons. The fourth-order valence-electron chi connectivity index (χ4n) is 1.77. The molecule has 0 aromatic heterocycles. The van der Waals surface area contributed by atoms with E-state index in [9.17, 15) is 4.79 Å². The van der Waals surface area contributed by atoms with Crippen molar-refractivity contribution >= 4 is 6.03 Å². The maximum atomic E-state index is 12.8. The van der Waals surface area contributed by atoms with Crippen LogP contribution in [0.15, 0.2) is 0 Å². The summed E-state index contributed by atoms with van der Waals surface area (Å²) >= 11 is 0. The van der Waals surface area contributed by atoms with E-state index in [4.69, 9.17) is 18.9 Å². The lowest BCUT2D eigenvalue weighted by Crippen LogP contribution is -2.47. The van der Waals surface area contributed by atoms with Crippen LogP contribution in [0.2, 0.25) is 0 Å². The van der Waals surface area contributed by atoms with Crippen LogP contribution >= 0.6 is 0 Å². The summed E-state index contributed by atoms with van der Waals surface area (Å²) in [6, 6.07) is -0.200. The molecule has 0 heterocycles. The van der Waals surface area contributed by atoms with Gasteiger partial charge in [0.05, 0.1) is 0 Å². The molecule has 0 fully saturated rings. The largest absolute Gasteiger partial charge is 0.361 e. The van der Waals surface area contributed by atoms with E-state index in [-0.39, 0.29) is 33.0 Å². The Bertz CT molecular complexity index is 246. The van der Waals surface area contributed by atoms with Crippen LogP contribution in [0.3, 0.4) is 0 Å². The summed E-state index contributed by atoms with van der Waals surface area (Å²) in [5, 5.41) is 0. The Morgan fingerprint density at radius 1 is 0.583 bits per heavy atom. The van der Waals surface area contributed by atoms with Gasteiger partial charge in [-0.2, -0.15) is 0 Å². The van der Waals surface area contributed by atoms with Gasteiger partial charge in [-0.15, -0.1) is 0 Å². The van der Waals surface area contributed by atoms with E-state index >= 15 is 0 Å². The third-order valence-electron chi connectivity index (χ3n) is 2.92. The zero-order chi connectivity index (χ0) is 18.0. The zero-order valence-electron chi connectivity index (χ0n) is 15.9. The minimum absolute atomic E-state index is 0.200. The molecule has 0 aromatic rings. The van der Waals surface area contributed by atoms with Crippen LogP contribution in [0.1, 0.15) is 53.4 Å². The summed E-state index contributed by atoms with van der Waals surface area (Å²) in [7, 11) is 0. The van der Waals surface area contributed by atoms with E-state index in [2.05, 4.69) is 0 Å². The number of urea groups is 1. The maximum absolute atomic E-state index is 12.8. The van der Waals surface area contributed by atoms with Gasteiger partial charge in [-0.1, -0.05) is 27.7 Å². The number of carbonyl (C=O) groups is 1. The Morgan fingerprint density at radius 3 is 1.04 bits per heavy atom. The van der Waals surface area contributed by atoms with Crippen molar-refractivity contribution < 1.29 is 23.7 Å². The predicted molar refractivity (Wildman–Crippen MR) is 93.5 cm³/mol. The molecule has 0 spiro atoms. The van der Waals surface area contributed by atoms with Crippen molar-refractivity contribution in [2.75, 3.05) is 53.4 Å². The lowest BCUT2D eigenvalue weighted by Gasteiger charge is -2.30. The Hall–Kier alpha value is -0.890. The monoisotopic (exact) mass is 348 g/mol. The first-order valence-corrected chi connectivity index (χ1v) is 9.05. The van der Waals surface area contributed by atoms with Gasteiger partial charge < -0.3 is 18.9 Å². The first kappa shape index (κ1) is 23.1. The highest BCUT2D eigenvalue weighted by Crippen LogP contribution is 2.03. The molecule has 0 aliphatic carbocycles. The highest BCUT2D eigenvalue weighted by molar-refractivity contribution is 5.73. The first-order chi connectivity index (χ1) is 11.7. The number of nitrogens with zero attached hydrogens (tertiary/aromatic N) is 2. The predicted octanol–water partition coefficient (Wildman–Crippen LogP) is 3.25. The molecular formula is C17H36N2O5. The highest BCUT2D eigenvalue weighted by atomic mass is 16.5. The van der Waals surface area contributed by atoms with Gasteiger partial charge in [-0.25, -0.2) is 4.79 Å². The average molecular weight is 348 g/mol. The number of ether oxygens (including phenoxy) is 4. The molecule has 0 saturated heterocycles. The molecule has 7 nitrogen and oxygen atoms in total. The quantitative estimate of drug-likeness (QED) is 0.316. The summed E-state index contributed by atoms with van der Waals surface area (Å²) in [5.41, 5.74) is 0. The molecule has 0 unspecified atom stereocenters. The normalized spacial score (nSPS) is 10.8. The van der Waals surface area contributed by atoms with Gasteiger partial charge >= 0.3 is 6.03 Å². The van der Waals surface area contributed by atoms with E-state index in [1.807, 2.05) is 27.7 Å². The third kappa shape index (κ3) is 11.6. The smallest absolute Gasteiger partial charge is 0.327 e. The molecule has 0 aliphatic rings. The van der Waals surface area contributed by atoms with Gasteiger partial charge in [0.2, 0.25) is 0 Å². The Balaban J connectivity index is 4.65. The Morgan fingerprint density at radius 2 is 0.833 bits per heavy atom. The van der Waals surface area contributed by atoms with Crippen molar-refractivity contribution in [2.45, 2.75) is 53.4 Å². The van der Waals surface area contributed by atoms with Gasteiger partial charge in [0.15, 0.2) is 0 Å². The molecule has 0 bridgehead atoms. The van der Waals surface area contributed by atoms with Gasteiger partial charge in [-0.05, 0) is 25.7 Å². The number of hydrogen-bond acceptors (Lipinski definition) is 5. The molecule has 0 saturated carbocycles. The summed E-state index contributed by atoms with van der Waals surface area (Å²) in [5.74, 6) is 0. The van der Waals surface area contributed by atoms with Crippen molar-refractivity contribution in [1.29, 1.82) is 0 Å². The summed E-state index contributed by atoms with van der Waals surface area (Å²) in [6.07, 6.45) is 3.61. The minimum atomic E-state index is -0.200. The van der Waals surface area contributed by atoms with Gasteiger partial charge in [0.25, 0.3) is 0 Å². The van der Waals surface area contributed by atoms with Crippen LogP contribution in [0.25, 0.3) is 0 Å². The van der Waals surface area contributed by atoms with Crippen LogP contribution < -0.4 is 0 Å². The standard InChI is InChI=1S/C17H36N2O5/c1-5-9-21-13-18(14-22-10-6-2)17(20)19(15-23-11-7-3)16-24-12-8-4/h5-16H2,1-4H3. The Kier molecular flexibility index (Phi) is 16.3. The molecule has 0 rings (SSSR count). The number of hydrogen-bond donors (Lipinski definition) is 0. The first-order valence-electron chi connectivity index (χ1n) is 9.05. The summed E-state index contributed by atoms with van der Waals surface area (Å²) in [4.78, 5) is 15.8. The third-order valence-corrected chi connectivity index (χ3v) is 2.92. The summed E-state index contributed by atoms with van der Waals surface area (Å²) in [6.45, 7) is 11.4. The molecule has 0 N–H and O–H groups in total. The van der Waals surface area contributed by atoms with Crippen LogP contribution in [-0.2, 0) is 18.9 Å². The highest BCUT2D eigenvalue weighted by Gasteiger charge is 2.21. The van der Waals surface area contributed by atoms with E-state index in [0.29, 0.717) is 26.4 Å². The number of amides is 2. The fourth-order valence-corrected chi connectivity index (χ4v) is 1.77. The molecule has 0 aromatic carbocycles. The van der Waals surface area contributed by atoms with Crippen LogP contribution in [-0.4, -0.2) is 69.2 Å². The molecule has 0 atom stereocenters. The second kappa shape index (κ2) is 17.0. The van der Waals surface area contributed by atoms with E-state index in [1.165, 1.54) is 9.80 Å².